The van der Waals surface area contributed by atoms with E-state index in [1.165, 1.54) is 0 Å². The van der Waals surface area contributed by atoms with Crippen LogP contribution < -0.4 is 21.3 Å². The van der Waals surface area contributed by atoms with Crippen LogP contribution in [-0.4, -0.2) is 51.3 Å². The molecule has 1 atom stereocenters. The number of hydrogen-bond donors (Lipinski definition) is 4. The van der Waals surface area contributed by atoms with Gasteiger partial charge >= 0.3 is 6.03 Å². The second-order valence-corrected chi connectivity index (χ2v) is 8.50. The molecule has 0 spiro atoms. The Morgan fingerprint density at radius 1 is 1.26 bits per heavy atom. The van der Waals surface area contributed by atoms with Gasteiger partial charge < -0.3 is 21.3 Å². The van der Waals surface area contributed by atoms with Crippen molar-refractivity contribution in [2.24, 2.45) is 5.73 Å². The molecule has 168 valence electrons. The topological polar surface area (TPSA) is 125 Å². The number of nitrogens with one attached hydrogen (secondary N) is 3. The Bertz CT molecular complexity index is 912. The van der Waals surface area contributed by atoms with Gasteiger partial charge in [-0.3, -0.25) is 5.10 Å². The standard InChI is InChI=1S/C20H28F2N8O/c1-30(14-4-2-13(3-5-14)25-18(23)31)19-24-9-7-16(27-19)26-17-10-15(28-29-17)12-6-8-20(21,22)11-12/h7,9-10,12-14H,2-6,8,11H2,1H3,(H3,23,25,31)(H2,24,26,27,28,29). The lowest BCUT2D eigenvalue weighted by Gasteiger charge is -2.34. The maximum absolute atomic E-state index is 13.5. The number of carbonyl (C=O) groups excluding carboxylic acids is 1. The Hall–Kier alpha value is -2.98. The zero-order valence-corrected chi connectivity index (χ0v) is 17.4. The van der Waals surface area contributed by atoms with Crippen LogP contribution in [0.25, 0.3) is 0 Å². The maximum Gasteiger partial charge on any atom is 0.312 e. The Morgan fingerprint density at radius 3 is 2.71 bits per heavy atom. The number of rotatable bonds is 6. The zero-order chi connectivity index (χ0) is 22.0. The van der Waals surface area contributed by atoms with Gasteiger partial charge in [0.1, 0.15) is 5.82 Å². The molecular weight excluding hydrogens is 406 g/mol. The van der Waals surface area contributed by atoms with Crippen LogP contribution in [0, 0.1) is 0 Å². The fourth-order valence-electron chi connectivity index (χ4n) is 4.52. The number of nitrogens with two attached hydrogens (primary N) is 1. The Kier molecular flexibility index (Phi) is 5.92. The van der Waals surface area contributed by atoms with Crippen molar-refractivity contribution in [1.82, 2.24) is 25.5 Å². The van der Waals surface area contributed by atoms with Crippen molar-refractivity contribution in [2.45, 2.75) is 68.9 Å². The number of aromatic amines is 1. The highest BCUT2D eigenvalue weighted by molar-refractivity contribution is 5.71. The van der Waals surface area contributed by atoms with Crippen molar-refractivity contribution >= 4 is 23.6 Å². The van der Waals surface area contributed by atoms with E-state index in [1.54, 1.807) is 18.3 Å². The van der Waals surface area contributed by atoms with E-state index in [2.05, 4.69) is 30.8 Å². The van der Waals surface area contributed by atoms with E-state index >= 15 is 0 Å². The number of aromatic nitrogens is 4. The summed E-state index contributed by atoms with van der Waals surface area (Å²) in [6.07, 6.45) is 5.41. The summed E-state index contributed by atoms with van der Waals surface area (Å²) >= 11 is 0. The van der Waals surface area contributed by atoms with Crippen LogP contribution in [0.2, 0.25) is 0 Å². The molecule has 5 N–H and O–H groups in total. The third-order valence-electron chi connectivity index (χ3n) is 6.25. The first-order valence-electron chi connectivity index (χ1n) is 10.6. The monoisotopic (exact) mass is 434 g/mol. The van der Waals surface area contributed by atoms with Crippen LogP contribution in [0.4, 0.5) is 31.2 Å². The highest BCUT2D eigenvalue weighted by Gasteiger charge is 2.40. The predicted octanol–water partition coefficient (Wildman–Crippen LogP) is 3.26. The minimum absolute atomic E-state index is 0.0818. The van der Waals surface area contributed by atoms with Crippen molar-refractivity contribution < 1.29 is 13.6 Å². The number of carbonyl (C=O) groups is 1. The van der Waals surface area contributed by atoms with Crippen molar-refractivity contribution in [1.29, 1.82) is 0 Å². The maximum atomic E-state index is 13.5. The highest BCUT2D eigenvalue weighted by Crippen LogP contribution is 2.44. The second-order valence-electron chi connectivity index (χ2n) is 8.50. The van der Waals surface area contributed by atoms with Gasteiger partial charge in [0.25, 0.3) is 0 Å². The summed E-state index contributed by atoms with van der Waals surface area (Å²) in [7, 11) is 1.96. The summed E-state index contributed by atoms with van der Waals surface area (Å²) in [6.45, 7) is 0. The second kappa shape index (κ2) is 8.64. The highest BCUT2D eigenvalue weighted by atomic mass is 19.3. The minimum atomic E-state index is -2.59. The summed E-state index contributed by atoms with van der Waals surface area (Å²) in [5, 5.41) is 13.0. The SMILES string of the molecule is CN(c1nccc(Nc2cc(C3CCC(F)(F)C3)[nH]n2)n1)C1CCC(NC(N)=O)CC1. The molecule has 2 aliphatic rings. The molecule has 1 unspecified atom stereocenters. The summed E-state index contributed by atoms with van der Waals surface area (Å²) in [5.74, 6) is -1.09. The lowest BCUT2D eigenvalue weighted by Crippen LogP contribution is -2.44. The first kappa shape index (κ1) is 21.3. The molecule has 2 fully saturated rings. The van der Waals surface area contributed by atoms with Crippen LogP contribution in [0.5, 0.6) is 0 Å². The largest absolute Gasteiger partial charge is 0.352 e. The molecule has 0 aliphatic heterocycles. The molecule has 0 saturated heterocycles. The fraction of sp³-hybridized carbons (Fsp3) is 0.600. The van der Waals surface area contributed by atoms with E-state index < -0.39 is 12.0 Å². The summed E-state index contributed by atoms with van der Waals surface area (Å²) in [5.41, 5.74) is 5.92. The van der Waals surface area contributed by atoms with Crippen molar-refractivity contribution in [3.63, 3.8) is 0 Å². The molecule has 11 heteroatoms. The summed E-state index contributed by atoms with van der Waals surface area (Å²) in [4.78, 5) is 22.0. The molecule has 2 aliphatic carbocycles. The van der Waals surface area contributed by atoms with E-state index in [0.29, 0.717) is 29.7 Å². The van der Waals surface area contributed by atoms with Crippen LogP contribution in [-0.2, 0) is 0 Å². The molecule has 2 heterocycles. The first-order valence-corrected chi connectivity index (χ1v) is 10.6. The number of alkyl halides is 2. The fourth-order valence-corrected chi connectivity index (χ4v) is 4.52. The number of primary amides is 1. The molecule has 2 aromatic rings. The smallest absolute Gasteiger partial charge is 0.312 e. The Morgan fingerprint density at radius 2 is 2.03 bits per heavy atom. The molecule has 2 amide bonds. The van der Waals surface area contributed by atoms with Crippen LogP contribution in [0.15, 0.2) is 18.3 Å². The lowest BCUT2D eigenvalue weighted by molar-refractivity contribution is 0.00765. The number of H-pyrrole nitrogens is 1. The average molecular weight is 434 g/mol. The quantitative estimate of drug-likeness (QED) is 0.553. The van der Waals surface area contributed by atoms with Gasteiger partial charge in [-0.15, -0.1) is 0 Å². The van der Waals surface area contributed by atoms with E-state index in [-0.39, 0.29) is 30.8 Å². The molecule has 2 saturated carbocycles. The molecule has 0 radical (unpaired) electrons. The number of halogens is 2. The van der Waals surface area contributed by atoms with Gasteiger partial charge in [0.05, 0.1) is 0 Å². The van der Waals surface area contributed by atoms with Gasteiger partial charge in [0, 0.05) is 55.8 Å². The van der Waals surface area contributed by atoms with Crippen LogP contribution in [0.3, 0.4) is 0 Å². The number of hydrogen-bond acceptors (Lipinski definition) is 6. The summed E-state index contributed by atoms with van der Waals surface area (Å²) in [6, 6.07) is 3.40. The molecule has 0 aromatic carbocycles. The van der Waals surface area contributed by atoms with Crippen molar-refractivity contribution in [3.05, 3.63) is 24.0 Å². The third-order valence-corrected chi connectivity index (χ3v) is 6.25. The first-order chi connectivity index (χ1) is 14.8. The molecule has 31 heavy (non-hydrogen) atoms. The molecule has 2 aromatic heterocycles. The number of anilines is 3. The molecule has 9 nitrogen and oxygen atoms in total. The van der Waals surface area contributed by atoms with Gasteiger partial charge in [0.15, 0.2) is 5.82 Å². The normalized spacial score (nSPS) is 25.2. The van der Waals surface area contributed by atoms with Gasteiger partial charge in [-0.2, -0.15) is 10.1 Å². The van der Waals surface area contributed by atoms with E-state index in [0.717, 1.165) is 25.7 Å². The van der Waals surface area contributed by atoms with E-state index in [4.69, 9.17) is 5.73 Å². The van der Waals surface area contributed by atoms with Crippen molar-refractivity contribution in [3.8, 4) is 0 Å². The van der Waals surface area contributed by atoms with Gasteiger partial charge in [0.2, 0.25) is 11.9 Å². The predicted molar refractivity (Wildman–Crippen MR) is 113 cm³/mol. The Labute approximate surface area is 179 Å². The molecular formula is C20H28F2N8O. The van der Waals surface area contributed by atoms with Crippen LogP contribution in [0.1, 0.15) is 56.6 Å². The van der Waals surface area contributed by atoms with Gasteiger partial charge in [-0.1, -0.05) is 0 Å². The van der Waals surface area contributed by atoms with E-state index in [9.17, 15) is 13.6 Å². The Balaban J connectivity index is 1.36. The zero-order valence-electron chi connectivity index (χ0n) is 17.4. The lowest BCUT2D eigenvalue weighted by atomic mass is 9.90. The van der Waals surface area contributed by atoms with Gasteiger partial charge in [-0.05, 0) is 38.2 Å². The van der Waals surface area contributed by atoms with E-state index in [1.807, 2.05) is 11.9 Å². The number of nitrogens with zero attached hydrogens (tertiary/aromatic N) is 4. The average Bonchev–Trinajstić information content (AvgIpc) is 3.34. The summed E-state index contributed by atoms with van der Waals surface area (Å²) < 4.78 is 27.0. The molecule has 4 rings (SSSR count). The van der Waals surface area contributed by atoms with Gasteiger partial charge in [-0.25, -0.2) is 18.6 Å². The minimum Gasteiger partial charge on any atom is -0.352 e. The molecule has 0 bridgehead atoms. The number of urea groups is 1. The van der Waals surface area contributed by atoms with Crippen molar-refractivity contribution in [2.75, 3.05) is 17.3 Å². The number of amides is 2. The van der Waals surface area contributed by atoms with Crippen LogP contribution >= 0.6 is 0 Å². The third kappa shape index (κ3) is 5.20.